The van der Waals surface area contributed by atoms with E-state index in [0.29, 0.717) is 27.8 Å². The Morgan fingerprint density at radius 2 is 2.04 bits per heavy atom. The summed E-state index contributed by atoms with van der Waals surface area (Å²) >= 11 is 1.31. The highest BCUT2D eigenvalue weighted by molar-refractivity contribution is 7.14. The maximum atomic E-state index is 13.5. The molecule has 1 aromatic heterocycles. The quantitative estimate of drug-likeness (QED) is 0.514. The number of aromatic nitrogens is 1. The number of hydrazone groups is 1. The van der Waals surface area contributed by atoms with E-state index in [9.17, 15) is 8.78 Å². The molecule has 0 radical (unpaired) electrons. The number of benzene rings is 2. The van der Waals surface area contributed by atoms with Crippen LogP contribution in [-0.4, -0.2) is 11.2 Å². The van der Waals surface area contributed by atoms with Crippen LogP contribution in [0.4, 0.5) is 19.7 Å². The van der Waals surface area contributed by atoms with E-state index in [1.165, 1.54) is 47.9 Å². The average molecular weight is 360 g/mol. The van der Waals surface area contributed by atoms with Crippen LogP contribution < -0.4 is 15.9 Å². The minimum absolute atomic E-state index is 0.110. The maximum Gasteiger partial charge on any atom is 0.205 e. The molecule has 0 fully saturated rings. The molecule has 25 heavy (non-hydrogen) atoms. The highest BCUT2D eigenvalue weighted by Crippen LogP contribution is 2.21. The van der Waals surface area contributed by atoms with Crippen LogP contribution in [0, 0.1) is 11.6 Å². The highest BCUT2D eigenvalue weighted by Gasteiger charge is 2.05. The molecule has 0 bridgehead atoms. The van der Waals surface area contributed by atoms with Gasteiger partial charge in [-0.05, 0) is 29.8 Å². The van der Waals surface area contributed by atoms with Crippen LogP contribution in [0.1, 0.15) is 11.1 Å². The SMILES string of the molecule is Nc1csc(NN=Cc2ccc(F)cc2OCc2cccc(F)c2)n1. The van der Waals surface area contributed by atoms with E-state index >= 15 is 0 Å². The molecule has 0 spiro atoms. The van der Waals surface area contributed by atoms with Gasteiger partial charge in [-0.15, -0.1) is 11.3 Å². The van der Waals surface area contributed by atoms with Crippen molar-refractivity contribution in [1.29, 1.82) is 0 Å². The largest absolute Gasteiger partial charge is 0.488 e. The lowest BCUT2D eigenvalue weighted by Crippen LogP contribution is -2.00. The van der Waals surface area contributed by atoms with Crippen LogP contribution in [0.25, 0.3) is 0 Å². The molecular weight excluding hydrogens is 346 g/mol. The topological polar surface area (TPSA) is 72.5 Å². The first kappa shape index (κ1) is 16.8. The van der Waals surface area contributed by atoms with Crippen molar-refractivity contribution in [3.05, 3.63) is 70.6 Å². The van der Waals surface area contributed by atoms with Gasteiger partial charge in [-0.2, -0.15) is 5.10 Å². The van der Waals surface area contributed by atoms with E-state index in [1.54, 1.807) is 17.5 Å². The van der Waals surface area contributed by atoms with Crippen molar-refractivity contribution in [3.63, 3.8) is 0 Å². The van der Waals surface area contributed by atoms with Gasteiger partial charge >= 0.3 is 0 Å². The molecule has 0 amide bonds. The number of ether oxygens (including phenoxy) is 1. The van der Waals surface area contributed by atoms with Crippen molar-refractivity contribution in [3.8, 4) is 5.75 Å². The third kappa shape index (κ3) is 4.74. The van der Waals surface area contributed by atoms with Gasteiger partial charge in [0.2, 0.25) is 5.13 Å². The van der Waals surface area contributed by atoms with Crippen molar-refractivity contribution in [2.75, 3.05) is 11.2 Å². The van der Waals surface area contributed by atoms with Gasteiger partial charge in [0.1, 0.15) is 29.8 Å². The van der Waals surface area contributed by atoms with Crippen molar-refractivity contribution in [1.82, 2.24) is 4.98 Å². The van der Waals surface area contributed by atoms with E-state index in [1.807, 2.05) is 0 Å². The molecular formula is C17H14F2N4OS. The summed E-state index contributed by atoms with van der Waals surface area (Å²) in [5, 5.41) is 6.26. The number of hydrogen-bond acceptors (Lipinski definition) is 6. The Hall–Kier alpha value is -3.00. The highest BCUT2D eigenvalue weighted by atomic mass is 32.1. The Bertz CT molecular complexity index is 898. The number of nitrogens with one attached hydrogen (secondary N) is 1. The lowest BCUT2D eigenvalue weighted by molar-refractivity contribution is 0.303. The van der Waals surface area contributed by atoms with E-state index < -0.39 is 5.82 Å². The number of nitrogen functional groups attached to an aromatic ring is 1. The molecule has 0 aliphatic carbocycles. The molecule has 0 aliphatic heterocycles. The van der Waals surface area contributed by atoms with Gasteiger partial charge in [0.15, 0.2) is 0 Å². The molecule has 2 aromatic carbocycles. The van der Waals surface area contributed by atoms with Crippen molar-refractivity contribution >= 4 is 28.5 Å². The second-order valence-electron chi connectivity index (χ2n) is 5.05. The Morgan fingerprint density at radius 1 is 1.20 bits per heavy atom. The molecule has 8 heteroatoms. The summed E-state index contributed by atoms with van der Waals surface area (Å²) in [5.74, 6) is -0.0850. The number of hydrogen-bond donors (Lipinski definition) is 2. The summed E-state index contributed by atoms with van der Waals surface area (Å²) in [6.07, 6.45) is 1.48. The molecule has 0 atom stereocenters. The molecule has 3 rings (SSSR count). The third-order valence-electron chi connectivity index (χ3n) is 3.14. The summed E-state index contributed by atoms with van der Waals surface area (Å²) in [6, 6.07) is 10.1. The number of nitrogens with zero attached hydrogens (tertiary/aromatic N) is 2. The monoisotopic (exact) mass is 360 g/mol. The van der Waals surface area contributed by atoms with Crippen LogP contribution in [0.3, 0.4) is 0 Å². The first-order valence-corrected chi connectivity index (χ1v) is 8.15. The normalized spacial score (nSPS) is 11.0. The Morgan fingerprint density at radius 3 is 2.80 bits per heavy atom. The fraction of sp³-hybridized carbons (Fsp3) is 0.0588. The van der Waals surface area contributed by atoms with Gasteiger partial charge in [0.25, 0.3) is 0 Å². The van der Waals surface area contributed by atoms with E-state index in [4.69, 9.17) is 10.5 Å². The Kier molecular flexibility index (Phi) is 5.20. The maximum absolute atomic E-state index is 13.5. The molecule has 3 N–H and O–H groups in total. The predicted molar refractivity (Wildman–Crippen MR) is 94.9 cm³/mol. The predicted octanol–water partition coefficient (Wildman–Crippen LogP) is 4.03. The van der Waals surface area contributed by atoms with Crippen LogP contribution in [0.2, 0.25) is 0 Å². The zero-order valence-electron chi connectivity index (χ0n) is 12.9. The molecule has 0 unspecified atom stereocenters. The van der Waals surface area contributed by atoms with Gasteiger partial charge in [0.05, 0.1) is 6.21 Å². The molecule has 3 aromatic rings. The molecule has 0 aliphatic rings. The third-order valence-corrected chi connectivity index (χ3v) is 3.91. The number of nitrogens with two attached hydrogens (primary N) is 1. The first-order chi connectivity index (χ1) is 12.1. The van der Waals surface area contributed by atoms with Crippen LogP contribution in [-0.2, 0) is 6.61 Å². The minimum atomic E-state index is -0.438. The Balaban J connectivity index is 1.71. The number of anilines is 2. The van der Waals surface area contributed by atoms with Crippen LogP contribution in [0.5, 0.6) is 5.75 Å². The molecule has 5 nitrogen and oxygen atoms in total. The van der Waals surface area contributed by atoms with Gasteiger partial charge < -0.3 is 10.5 Å². The van der Waals surface area contributed by atoms with Crippen LogP contribution >= 0.6 is 11.3 Å². The van der Waals surface area contributed by atoms with E-state index in [-0.39, 0.29) is 12.4 Å². The second-order valence-corrected chi connectivity index (χ2v) is 5.91. The van der Waals surface area contributed by atoms with Gasteiger partial charge in [-0.25, -0.2) is 13.8 Å². The zero-order valence-corrected chi connectivity index (χ0v) is 13.8. The second kappa shape index (κ2) is 7.71. The fourth-order valence-corrected chi connectivity index (χ4v) is 2.57. The Labute approximate surface area is 146 Å². The minimum Gasteiger partial charge on any atom is -0.488 e. The summed E-state index contributed by atoms with van der Waals surface area (Å²) in [7, 11) is 0. The smallest absolute Gasteiger partial charge is 0.205 e. The van der Waals surface area contributed by atoms with Gasteiger partial charge in [0, 0.05) is 17.0 Å². The van der Waals surface area contributed by atoms with E-state index in [0.717, 1.165) is 0 Å². The zero-order chi connectivity index (χ0) is 17.6. The van der Waals surface area contributed by atoms with Crippen molar-refractivity contribution < 1.29 is 13.5 Å². The lowest BCUT2D eigenvalue weighted by Gasteiger charge is -2.09. The summed E-state index contributed by atoms with van der Waals surface area (Å²) in [6.45, 7) is 0.110. The number of thiazole rings is 1. The van der Waals surface area contributed by atoms with E-state index in [2.05, 4.69) is 15.5 Å². The van der Waals surface area contributed by atoms with Gasteiger partial charge in [-0.1, -0.05) is 12.1 Å². The number of rotatable bonds is 6. The van der Waals surface area contributed by atoms with Crippen molar-refractivity contribution in [2.45, 2.75) is 6.61 Å². The summed E-state index contributed by atoms with van der Waals surface area (Å²) in [4.78, 5) is 4.01. The van der Waals surface area contributed by atoms with Gasteiger partial charge in [-0.3, -0.25) is 5.43 Å². The van der Waals surface area contributed by atoms with Crippen molar-refractivity contribution in [2.24, 2.45) is 5.10 Å². The fourth-order valence-electron chi connectivity index (χ4n) is 2.02. The van der Waals surface area contributed by atoms with Crippen LogP contribution in [0.15, 0.2) is 52.9 Å². The molecule has 1 heterocycles. The standard InChI is InChI=1S/C17H14F2N4OS/c18-13-3-1-2-11(6-13)9-24-15-7-14(19)5-4-12(15)8-21-23-17-22-16(20)10-25-17/h1-8,10H,9,20H2,(H,22,23). The number of halogens is 2. The first-order valence-electron chi connectivity index (χ1n) is 7.27. The molecule has 0 saturated carbocycles. The molecule has 128 valence electrons. The molecule has 0 saturated heterocycles. The lowest BCUT2D eigenvalue weighted by atomic mass is 10.2. The summed E-state index contributed by atoms with van der Waals surface area (Å²) in [5.41, 5.74) is 9.47. The average Bonchev–Trinajstić information content (AvgIpc) is 3.00. The summed E-state index contributed by atoms with van der Waals surface area (Å²) < 4.78 is 32.3.